The Morgan fingerprint density at radius 2 is 2.12 bits per heavy atom. The molecule has 0 aromatic heterocycles. The quantitative estimate of drug-likeness (QED) is 0.797. The second-order valence-corrected chi connectivity index (χ2v) is 6.31. The predicted molar refractivity (Wildman–Crippen MR) is 72.6 cm³/mol. The second-order valence-electron chi connectivity index (χ2n) is 5.45. The number of phenols is 1. The van der Waals surface area contributed by atoms with Crippen molar-refractivity contribution in [3.05, 3.63) is 22.2 Å². The lowest BCUT2D eigenvalue weighted by atomic mass is 9.81. The summed E-state index contributed by atoms with van der Waals surface area (Å²) >= 11 is 3.42. The summed E-state index contributed by atoms with van der Waals surface area (Å²) in [7, 11) is 4.29. The van der Waals surface area contributed by atoms with Crippen molar-refractivity contribution in [3.63, 3.8) is 0 Å². The molecule has 4 heteroatoms. The first kappa shape index (κ1) is 11.4. The smallest absolute Gasteiger partial charge is 0.131 e. The first-order valence-electron chi connectivity index (χ1n) is 5.91. The van der Waals surface area contributed by atoms with Crippen molar-refractivity contribution in [3.8, 4) is 5.75 Å². The van der Waals surface area contributed by atoms with Crippen LogP contribution in [-0.2, 0) is 5.41 Å². The lowest BCUT2D eigenvalue weighted by Crippen LogP contribution is -2.45. The fourth-order valence-corrected chi connectivity index (χ4v) is 3.92. The highest BCUT2D eigenvalue weighted by Crippen LogP contribution is 2.52. The molecular formula is C13H17BrN2O. The maximum atomic E-state index is 9.83. The van der Waals surface area contributed by atoms with E-state index in [0.717, 1.165) is 16.7 Å². The third kappa shape index (κ3) is 1.31. The second kappa shape index (κ2) is 3.39. The number of anilines is 1. The molecule has 0 saturated carbocycles. The Balaban J connectivity index is 2.22. The minimum Gasteiger partial charge on any atom is -0.507 e. The molecule has 2 aliphatic heterocycles. The van der Waals surface area contributed by atoms with Gasteiger partial charge in [-0.2, -0.15) is 0 Å². The van der Waals surface area contributed by atoms with E-state index in [2.05, 4.69) is 52.8 Å². The maximum absolute atomic E-state index is 9.83. The summed E-state index contributed by atoms with van der Waals surface area (Å²) in [5.41, 5.74) is 2.68. The van der Waals surface area contributed by atoms with Gasteiger partial charge < -0.3 is 10.0 Å². The molecular weight excluding hydrogens is 280 g/mol. The largest absolute Gasteiger partial charge is 0.507 e. The molecule has 0 aliphatic carbocycles. The minimum absolute atomic E-state index is 0.176. The average molecular weight is 297 g/mol. The van der Waals surface area contributed by atoms with E-state index in [9.17, 15) is 5.11 Å². The fourth-order valence-electron chi connectivity index (χ4n) is 3.58. The van der Waals surface area contributed by atoms with Gasteiger partial charge in [0.25, 0.3) is 0 Å². The van der Waals surface area contributed by atoms with Crippen LogP contribution in [0.4, 0.5) is 5.69 Å². The van der Waals surface area contributed by atoms with Crippen LogP contribution >= 0.6 is 15.9 Å². The lowest BCUT2D eigenvalue weighted by molar-refractivity contribution is 0.268. The number of phenolic OH excluding ortho intramolecular Hbond substituents is 1. The highest BCUT2D eigenvalue weighted by molar-refractivity contribution is 9.10. The number of nitrogens with zero attached hydrogens (tertiary/aromatic N) is 2. The molecule has 1 saturated heterocycles. The summed E-state index contributed by atoms with van der Waals surface area (Å²) in [6.07, 6.45) is 1.58. The monoisotopic (exact) mass is 296 g/mol. The van der Waals surface area contributed by atoms with Crippen LogP contribution in [0.3, 0.4) is 0 Å². The molecule has 2 heterocycles. The number of likely N-dealkylation sites (tertiary alicyclic amines) is 1. The lowest BCUT2D eigenvalue weighted by Gasteiger charge is -2.32. The molecule has 92 valence electrons. The highest BCUT2D eigenvalue weighted by atomic mass is 79.9. The number of halogens is 1. The molecule has 1 aromatic carbocycles. The molecule has 2 aliphatic rings. The summed E-state index contributed by atoms with van der Waals surface area (Å²) < 4.78 is 0.793. The zero-order valence-corrected chi connectivity index (χ0v) is 12.0. The molecule has 2 unspecified atom stereocenters. The van der Waals surface area contributed by atoms with E-state index < -0.39 is 0 Å². The van der Waals surface area contributed by atoms with Crippen LogP contribution in [0, 0.1) is 0 Å². The van der Waals surface area contributed by atoms with Gasteiger partial charge in [0.15, 0.2) is 0 Å². The molecule has 0 radical (unpaired) electrons. The Morgan fingerprint density at radius 1 is 1.41 bits per heavy atom. The van der Waals surface area contributed by atoms with Gasteiger partial charge in [0.1, 0.15) is 5.75 Å². The number of hydrogen-bond acceptors (Lipinski definition) is 3. The minimum atomic E-state index is 0.176. The topological polar surface area (TPSA) is 26.7 Å². The van der Waals surface area contributed by atoms with E-state index in [-0.39, 0.29) is 5.41 Å². The van der Waals surface area contributed by atoms with Crippen LogP contribution in [-0.4, -0.2) is 36.8 Å². The number of rotatable bonds is 0. The van der Waals surface area contributed by atoms with Gasteiger partial charge in [-0.15, -0.1) is 0 Å². The summed E-state index contributed by atoms with van der Waals surface area (Å²) in [6.45, 7) is 3.45. The van der Waals surface area contributed by atoms with Crippen molar-refractivity contribution >= 4 is 21.6 Å². The Kier molecular flexibility index (Phi) is 2.26. The molecule has 3 rings (SSSR count). The van der Waals surface area contributed by atoms with E-state index in [1.54, 1.807) is 0 Å². The SMILES string of the molecule is CN1CCC2(C)c3cc(Br)c(O)cc3N(C)C12. The zero-order chi connectivity index (χ0) is 12.4. The molecule has 1 fully saturated rings. The third-order valence-electron chi connectivity index (χ3n) is 4.40. The van der Waals surface area contributed by atoms with Crippen molar-refractivity contribution in [2.75, 3.05) is 25.5 Å². The Morgan fingerprint density at radius 3 is 2.82 bits per heavy atom. The van der Waals surface area contributed by atoms with Gasteiger partial charge in [-0.25, -0.2) is 0 Å². The van der Waals surface area contributed by atoms with E-state index >= 15 is 0 Å². The first-order valence-corrected chi connectivity index (χ1v) is 6.70. The summed E-state index contributed by atoms with van der Waals surface area (Å²) in [5.74, 6) is 0.321. The van der Waals surface area contributed by atoms with E-state index in [1.165, 1.54) is 12.0 Å². The average Bonchev–Trinajstić information content (AvgIpc) is 2.67. The molecule has 0 amide bonds. The van der Waals surface area contributed by atoms with Gasteiger partial charge in [0.05, 0.1) is 10.6 Å². The summed E-state index contributed by atoms with van der Waals surface area (Å²) in [6, 6.07) is 3.96. The van der Waals surface area contributed by atoms with Crippen LogP contribution < -0.4 is 4.90 Å². The van der Waals surface area contributed by atoms with E-state index in [0.29, 0.717) is 11.9 Å². The normalized spacial score (nSPS) is 31.8. The molecule has 0 bridgehead atoms. The van der Waals surface area contributed by atoms with Crippen molar-refractivity contribution < 1.29 is 5.11 Å². The van der Waals surface area contributed by atoms with Crippen molar-refractivity contribution in [2.24, 2.45) is 0 Å². The highest BCUT2D eigenvalue weighted by Gasteiger charge is 2.52. The van der Waals surface area contributed by atoms with Crippen LogP contribution in [0.2, 0.25) is 0 Å². The molecule has 3 nitrogen and oxygen atoms in total. The van der Waals surface area contributed by atoms with Crippen LogP contribution in [0.5, 0.6) is 5.75 Å². The molecule has 17 heavy (non-hydrogen) atoms. The maximum Gasteiger partial charge on any atom is 0.131 e. The van der Waals surface area contributed by atoms with Crippen LogP contribution in [0.25, 0.3) is 0 Å². The van der Waals surface area contributed by atoms with Crippen molar-refractivity contribution in [1.82, 2.24) is 4.90 Å². The van der Waals surface area contributed by atoms with E-state index in [1.807, 2.05) is 6.07 Å². The van der Waals surface area contributed by atoms with Gasteiger partial charge >= 0.3 is 0 Å². The third-order valence-corrected chi connectivity index (χ3v) is 5.03. The van der Waals surface area contributed by atoms with Crippen molar-refractivity contribution in [2.45, 2.75) is 24.9 Å². The van der Waals surface area contributed by atoms with Gasteiger partial charge in [0.2, 0.25) is 0 Å². The Labute approximate surface area is 110 Å². The molecule has 1 aromatic rings. The zero-order valence-electron chi connectivity index (χ0n) is 10.4. The molecule has 0 spiro atoms. The number of aromatic hydroxyl groups is 1. The standard InChI is InChI=1S/C13H17BrN2O/c1-13-4-5-15(2)12(13)16(3)10-7-11(17)9(14)6-8(10)13/h6-7,12,17H,4-5H2,1-3H3. The fraction of sp³-hybridized carbons (Fsp3) is 0.538. The van der Waals surface area contributed by atoms with E-state index in [4.69, 9.17) is 0 Å². The van der Waals surface area contributed by atoms with Crippen LogP contribution in [0.15, 0.2) is 16.6 Å². The van der Waals surface area contributed by atoms with Gasteiger partial charge in [-0.3, -0.25) is 4.90 Å². The van der Waals surface area contributed by atoms with Crippen molar-refractivity contribution in [1.29, 1.82) is 0 Å². The summed E-state index contributed by atoms with van der Waals surface area (Å²) in [5, 5.41) is 9.83. The van der Waals surface area contributed by atoms with Crippen LogP contribution in [0.1, 0.15) is 18.9 Å². The Bertz CT molecular complexity index is 491. The number of fused-ring (bicyclic) bond motifs is 3. The first-order chi connectivity index (χ1) is 7.95. The van der Waals surface area contributed by atoms with Gasteiger partial charge in [-0.1, -0.05) is 6.92 Å². The van der Waals surface area contributed by atoms with Gasteiger partial charge in [-0.05, 0) is 41.0 Å². The number of likely N-dealkylation sites (N-methyl/N-ethyl adjacent to an activating group) is 2. The summed E-state index contributed by atoms with van der Waals surface area (Å²) in [4.78, 5) is 4.68. The molecule has 2 atom stereocenters. The van der Waals surface area contributed by atoms with Gasteiger partial charge in [0, 0.05) is 30.8 Å². The number of hydrogen-bond donors (Lipinski definition) is 1. The predicted octanol–water partition coefficient (Wildman–Crippen LogP) is 2.52. The molecule has 1 N–H and O–H groups in total. The number of benzene rings is 1. The Hall–Kier alpha value is -0.740.